The fraction of sp³-hybridized carbons (Fsp3) is 0.143. The maximum atomic E-state index is 5.78. The molecule has 0 N–H and O–H groups in total. The molecule has 0 heterocycles. The molecule has 3 heteroatoms. The predicted molar refractivity (Wildman–Crippen MR) is 74.3 cm³/mol. The van der Waals surface area contributed by atoms with E-state index >= 15 is 0 Å². The van der Waals surface area contributed by atoms with E-state index in [-0.39, 0.29) is 0 Å². The van der Waals surface area contributed by atoms with Crippen LogP contribution in [0.5, 0.6) is 11.5 Å². The van der Waals surface area contributed by atoms with E-state index < -0.39 is 0 Å². The van der Waals surface area contributed by atoms with E-state index in [1.807, 2.05) is 48.5 Å². The number of hydrogen-bond acceptors (Lipinski definition) is 2. The van der Waals surface area contributed by atoms with Gasteiger partial charge in [0, 0.05) is 10.8 Å². The SMILES string of the molecule is CSc1ccc(Oc2cccc(CCl)c2)cc1. The molecule has 0 unspecified atom stereocenters. The van der Waals surface area contributed by atoms with E-state index in [1.54, 1.807) is 11.8 Å². The van der Waals surface area contributed by atoms with Crippen LogP contribution in [0.1, 0.15) is 5.56 Å². The van der Waals surface area contributed by atoms with Crippen LogP contribution in [0.25, 0.3) is 0 Å². The number of thioether (sulfide) groups is 1. The summed E-state index contributed by atoms with van der Waals surface area (Å²) >= 11 is 7.50. The molecule has 0 fully saturated rings. The van der Waals surface area contributed by atoms with E-state index in [2.05, 4.69) is 6.26 Å². The van der Waals surface area contributed by atoms with Crippen LogP contribution in [-0.4, -0.2) is 6.26 Å². The lowest BCUT2D eigenvalue weighted by Gasteiger charge is -2.07. The monoisotopic (exact) mass is 264 g/mol. The van der Waals surface area contributed by atoms with Crippen molar-refractivity contribution >= 4 is 23.4 Å². The molecule has 0 aliphatic carbocycles. The maximum absolute atomic E-state index is 5.78. The van der Waals surface area contributed by atoms with Crippen LogP contribution in [0.15, 0.2) is 53.4 Å². The number of halogens is 1. The molecule has 88 valence electrons. The van der Waals surface area contributed by atoms with Gasteiger partial charge in [0.1, 0.15) is 11.5 Å². The third kappa shape index (κ3) is 3.42. The van der Waals surface area contributed by atoms with Gasteiger partial charge in [0.2, 0.25) is 0 Å². The summed E-state index contributed by atoms with van der Waals surface area (Å²) in [5.41, 5.74) is 1.06. The molecule has 2 aromatic carbocycles. The van der Waals surface area contributed by atoms with Crippen LogP contribution < -0.4 is 4.74 Å². The first-order valence-corrected chi connectivity index (χ1v) is 7.04. The number of alkyl halides is 1. The Bertz CT molecular complexity index is 482. The molecule has 17 heavy (non-hydrogen) atoms. The first-order chi connectivity index (χ1) is 8.31. The van der Waals surface area contributed by atoms with Gasteiger partial charge in [-0.05, 0) is 48.2 Å². The summed E-state index contributed by atoms with van der Waals surface area (Å²) in [5.74, 6) is 2.16. The second-order valence-electron chi connectivity index (χ2n) is 3.56. The molecule has 2 aromatic rings. The zero-order valence-corrected chi connectivity index (χ0v) is 11.1. The molecule has 0 aliphatic heterocycles. The van der Waals surface area contributed by atoms with Crippen molar-refractivity contribution in [2.75, 3.05) is 6.26 Å². The summed E-state index contributed by atoms with van der Waals surface area (Å²) in [6.45, 7) is 0. The highest BCUT2D eigenvalue weighted by Gasteiger charge is 1.99. The highest BCUT2D eigenvalue weighted by molar-refractivity contribution is 7.98. The molecule has 0 saturated heterocycles. The van der Waals surface area contributed by atoms with Crippen LogP contribution >= 0.6 is 23.4 Å². The Morgan fingerprint density at radius 2 is 1.82 bits per heavy atom. The maximum Gasteiger partial charge on any atom is 0.127 e. The molecule has 0 aromatic heterocycles. The minimum atomic E-state index is 0.503. The molecule has 1 nitrogen and oxygen atoms in total. The summed E-state index contributed by atoms with van der Waals surface area (Å²) in [6.07, 6.45) is 2.06. The smallest absolute Gasteiger partial charge is 0.127 e. The normalized spacial score (nSPS) is 10.2. The molecule has 0 amide bonds. The van der Waals surface area contributed by atoms with Crippen LogP contribution in [0.4, 0.5) is 0 Å². The zero-order chi connectivity index (χ0) is 12.1. The molecule has 0 spiro atoms. The summed E-state index contributed by atoms with van der Waals surface area (Å²) in [7, 11) is 0. The van der Waals surface area contributed by atoms with E-state index in [4.69, 9.17) is 16.3 Å². The second-order valence-corrected chi connectivity index (χ2v) is 4.71. The van der Waals surface area contributed by atoms with Crippen LogP contribution in [0.2, 0.25) is 0 Å². The van der Waals surface area contributed by atoms with E-state index in [0.717, 1.165) is 17.1 Å². The predicted octanol–water partition coefficient (Wildman–Crippen LogP) is 4.94. The Morgan fingerprint density at radius 3 is 2.47 bits per heavy atom. The van der Waals surface area contributed by atoms with Crippen molar-refractivity contribution in [1.82, 2.24) is 0 Å². The van der Waals surface area contributed by atoms with Crippen molar-refractivity contribution in [3.63, 3.8) is 0 Å². The van der Waals surface area contributed by atoms with Crippen LogP contribution in [0.3, 0.4) is 0 Å². The van der Waals surface area contributed by atoms with Crippen LogP contribution in [-0.2, 0) is 5.88 Å². The van der Waals surface area contributed by atoms with Crippen LogP contribution in [0, 0.1) is 0 Å². The molecular formula is C14H13ClOS. The highest BCUT2D eigenvalue weighted by Crippen LogP contribution is 2.25. The molecule has 0 aliphatic rings. The van der Waals surface area contributed by atoms with Gasteiger partial charge in [0.05, 0.1) is 0 Å². The number of hydrogen-bond donors (Lipinski definition) is 0. The lowest BCUT2D eigenvalue weighted by Crippen LogP contribution is -1.85. The summed E-state index contributed by atoms with van der Waals surface area (Å²) < 4.78 is 5.75. The standard InChI is InChI=1S/C14H13ClOS/c1-17-14-7-5-12(6-8-14)16-13-4-2-3-11(9-13)10-15/h2-9H,10H2,1H3. The third-order valence-corrected chi connectivity index (χ3v) is 3.40. The average Bonchev–Trinajstić information content (AvgIpc) is 2.40. The van der Waals surface area contributed by atoms with Gasteiger partial charge in [0.15, 0.2) is 0 Å². The minimum Gasteiger partial charge on any atom is -0.457 e. The first kappa shape index (κ1) is 12.3. The third-order valence-electron chi connectivity index (χ3n) is 2.35. The second kappa shape index (κ2) is 5.99. The van der Waals surface area contributed by atoms with Crippen molar-refractivity contribution < 1.29 is 4.74 Å². The van der Waals surface area contributed by atoms with Gasteiger partial charge < -0.3 is 4.74 Å². The molecule has 0 saturated carbocycles. The van der Waals surface area contributed by atoms with Crippen molar-refractivity contribution in [3.05, 3.63) is 54.1 Å². The lowest BCUT2D eigenvalue weighted by molar-refractivity contribution is 0.482. The van der Waals surface area contributed by atoms with Gasteiger partial charge in [-0.2, -0.15) is 0 Å². The van der Waals surface area contributed by atoms with Gasteiger partial charge in [-0.1, -0.05) is 12.1 Å². The number of ether oxygens (including phenoxy) is 1. The molecule has 0 radical (unpaired) electrons. The van der Waals surface area contributed by atoms with Crippen molar-refractivity contribution in [1.29, 1.82) is 0 Å². The van der Waals surface area contributed by atoms with E-state index in [1.165, 1.54) is 4.90 Å². The largest absolute Gasteiger partial charge is 0.457 e. The molecule has 0 bridgehead atoms. The fourth-order valence-corrected chi connectivity index (χ4v) is 2.05. The van der Waals surface area contributed by atoms with E-state index in [9.17, 15) is 0 Å². The van der Waals surface area contributed by atoms with Gasteiger partial charge in [0.25, 0.3) is 0 Å². The van der Waals surface area contributed by atoms with Gasteiger partial charge in [-0.3, -0.25) is 0 Å². The average molecular weight is 265 g/mol. The lowest BCUT2D eigenvalue weighted by atomic mass is 10.2. The van der Waals surface area contributed by atoms with E-state index in [0.29, 0.717) is 5.88 Å². The van der Waals surface area contributed by atoms with Crippen molar-refractivity contribution in [2.45, 2.75) is 10.8 Å². The first-order valence-electron chi connectivity index (χ1n) is 5.28. The Labute approximate surface area is 111 Å². The Kier molecular flexibility index (Phi) is 4.35. The van der Waals surface area contributed by atoms with Crippen molar-refractivity contribution in [2.24, 2.45) is 0 Å². The summed E-state index contributed by atoms with van der Waals surface area (Å²) in [6, 6.07) is 15.9. The van der Waals surface area contributed by atoms with Gasteiger partial charge in [-0.15, -0.1) is 23.4 Å². The Morgan fingerprint density at radius 1 is 1.06 bits per heavy atom. The van der Waals surface area contributed by atoms with Gasteiger partial charge >= 0.3 is 0 Å². The Balaban J connectivity index is 2.13. The fourth-order valence-electron chi connectivity index (χ4n) is 1.47. The zero-order valence-electron chi connectivity index (χ0n) is 9.52. The number of rotatable bonds is 4. The molecular weight excluding hydrogens is 252 g/mol. The highest BCUT2D eigenvalue weighted by atomic mass is 35.5. The number of benzene rings is 2. The molecule has 0 atom stereocenters. The van der Waals surface area contributed by atoms with Gasteiger partial charge in [-0.25, -0.2) is 0 Å². The summed E-state index contributed by atoms with van der Waals surface area (Å²) in [5, 5.41) is 0. The molecule has 2 rings (SSSR count). The summed E-state index contributed by atoms with van der Waals surface area (Å²) in [4.78, 5) is 1.23. The minimum absolute atomic E-state index is 0.503. The van der Waals surface area contributed by atoms with Crippen molar-refractivity contribution in [3.8, 4) is 11.5 Å². The quantitative estimate of drug-likeness (QED) is 0.571. The topological polar surface area (TPSA) is 9.23 Å². The Hall–Kier alpha value is -1.12.